The van der Waals surface area contributed by atoms with Gasteiger partial charge in [-0.25, -0.2) is 0 Å². The molecule has 1 nitrogen and oxygen atoms in total. The molecule has 0 saturated carbocycles. The lowest BCUT2D eigenvalue weighted by Crippen LogP contribution is -1.85. The SMILES string of the molecule is CC(C)c1ccc(N=Cc2ccccc2)cc1. The van der Waals surface area contributed by atoms with Crippen LogP contribution < -0.4 is 0 Å². The van der Waals surface area contributed by atoms with E-state index in [1.54, 1.807) is 0 Å². The topological polar surface area (TPSA) is 12.4 Å². The van der Waals surface area contributed by atoms with Gasteiger partial charge in [0.05, 0.1) is 5.69 Å². The van der Waals surface area contributed by atoms with E-state index in [4.69, 9.17) is 0 Å². The van der Waals surface area contributed by atoms with Gasteiger partial charge in [0, 0.05) is 6.21 Å². The molecular weight excluding hydrogens is 206 g/mol. The van der Waals surface area contributed by atoms with Crippen molar-refractivity contribution in [2.24, 2.45) is 4.99 Å². The molecule has 2 aromatic rings. The van der Waals surface area contributed by atoms with Crippen LogP contribution in [-0.2, 0) is 0 Å². The molecule has 0 N–H and O–H groups in total. The minimum atomic E-state index is 0.571. The van der Waals surface area contributed by atoms with Gasteiger partial charge in [-0.3, -0.25) is 4.99 Å². The molecule has 0 amide bonds. The predicted octanol–water partition coefficient (Wildman–Crippen LogP) is 4.56. The molecule has 86 valence electrons. The first-order valence-electron chi connectivity index (χ1n) is 5.95. The molecule has 0 aliphatic rings. The van der Waals surface area contributed by atoms with Crippen molar-refractivity contribution < 1.29 is 0 Å². The molecule has 2 aromatic carbocycles. The van der Waals surface area contributed by atoms with Crippen molar-refractivity contribution >= 4 is 11.9 Å². The van der Waals surface area contributed by atoms with Crippen molar-refractivity contribution in [2.75, 3.05) is 0 Å². The maximum atomic E-state index is 4.45. The molecule has 0 heterocycles. The number of rotatable bonds is 3. The molecule has 0 spiro atoms. The lowest BCUT2D eigenvalue weighted by atomic mass is 10.0. The molecule has 0 fully saturated rings. The van der Waals surface area contributed by atoms with Gasteiger partial charge in [0.2, 0.25) is 0 Å². The second-order valence-electron chi connectivity index (χ2n) is 4.42. The Morgan fingerprint density at radius 2 is 1.53 bits per heavy atom. The van der Waals surface area contributed by atoms with Gasteiger partial charge in [0.25, 0.3) is 0 Å². The van der Waals surface area contributed by atoms with Crippen LogP contribution >= 0.6 is 0 Å². The van der Waals surface area contributed by atoms with Crippen LogP contribution in [0.4, 0.5) is 5.69 Å². The highest BCUT2D eigenvalue weighted by Gasteiger charge is 1.97. The summed E-state index contributed by atoms with van der Waals surface area (Å²) in [5.41, 5.74) is 3.47. The largest absolute Gasteiger partial charge is 0.256 e. The van der Waals surface area contributed by atoms with E-state index < -0.39 is 0 Å². The molecule has 1 heteroatoms. The Bertz CT molecular complexity index is 481. The van der Waals surface area contributed by atoms with Crippen molar-refractivity contribution in [3.63, 3.8) is 0 Å². The molecule has 0 aliphatic heterocycles. The van der Waals surface area contributed by atoms with Crippen LogP contribution in [0.5, 0.6) is 0 Å². The number of benzene rings is 2. The highest BCUT2D eigenvalue weighted by atomic mass is 14.7. The zero-order valence-corrected chi connectivity index (χ0v) is 10.3. The molecule has 0 saturated heterocycles. The van der Waals surface area contributed by atoms with Gasteiger partial charge >= 0.3 is 0 Å². The van der Waals surface area contributed by atoms with E-state index in [-0.39, 0.29) is 0 Å². The summed E-state index contributed by atoms with van der Waals surface area (Å²) in [5, 5.41) is 0. The normalized spacial score (nSPS) is 11.2. The fourth-order valence-corrected chi connectivity index (χ4v) is 1.63. The van der Waals surface area contributed by atoms with Crippen molar-refractivity contribution in [3.05, 3.63) is 65.7 Å². The summed E-state index contributed by atoms with van der Waals surface area (Å²) in [6, 6.07) is 18.5. The Morgan fingerprint density at radius 1 is 0.882 bits per heavy atom. The summed E-state index contributed by atoms with van der Waals surface area (Å²) in [6.07, 6.45) is 1.89. The summed E-state index contributed by atoms with van der Waals surface area (Å²) in [5.74, 6) is 0.571. The van der Waals surface area contributed by atoms with Crippen molar-refractivity contribution in [1.82, 2.24) is 0 Å². The maximum Gasteiger partial charge on any atom is 0.0630 e. The fraction of sp³-hybridized carbons (Fsp3) is 0.188. The van der Waals surface area contributed by atoms with Crippen LogP contribution in [0.1, 0.15) is 30.9 Å². The van der Waals surface area contributed by atoms with Gasteiger partial charge in [0.15, 0.2) is 0 Å². The van der Waals surface area contributed by atoms with E-state index >= 15 is 0 Å². The highest BCUT2D eigenvalue weighted by Crippen LogP contribution is 2.18. The molecule has 0 atom stereocenters. The molecule has 0 aromatic heterocycles. The first-order chi connectivity index (χ1) is 8.25. The fourth-order valence-electron chi connectivity index (χ4n) is 1.63. The molecule has 0 bridgehead atoms. The van der Waals surface area contributed by atoms with Crippen LogP contribution in [0.25, 0.3) is 0 Å². The van der Waals surface area contributed by atoms with Crippen LogP contribution in [0.15, 0.2) is 59.6 Å². The van der Waals surface area contributed by atoms with Gasteiger partial charge in [0.1, 0.15) is 0 Å². The zero-order chi connectivity index (χ0) is 12.1. The van der Waals surface area contributed by atoms with E-state index in [1.807, 2.05) is 36.5 Å². The van der Waals surface area contributed by atoms with Gasteiger partial charge in [-0.15, -0.1) is 0 Å². The average molecular weight is 223 g/mol. The molecule has 0 aliphatic carbocycles. The third kappa shape index (κ3) is 3.28. The Morgan fingerprint density at radius 3 is 2.12 bits per heavy atom. The summed E-state index contributed by atoms with van der Waals surface area (Å²) >= 11 is 0. The first-order valence-corrected chi connectivity index (χ1v) is 5.95. The lowest BCUT2D eigenvalue weighted by molar-refractivity contribution is 0.867. The summed E-state index contributed by atoms with van der Waals surface area (Å²) in [6.45, 7) is 4.39. The van der Waals surface area contributed by atoms with E-state index in [0.29, 0.717) is 5.92 Å². The molecule has 0 unspecified atom stereocenters. The summed E-state index contributed by atoms with van der Waals surface area (Å²) in [7, 11) is 0. The smallest absolute Gasteiger partial charge is 0.0630 e. The lowest BCUT2D eigenvalue weighted by Gasteiger charge is -2.04. The Hall–Kier alpha value is -1.89. The van der Waals surface area contributed by atoms with Crippen molar-refractivity contribution in [1.29, 1.82) is 0 Å². The second kappa shape index (κ2) is 5.44. The van der Waals surface area contributed by atoms with Gasteiger partial charge in [-0.1, -0.05) is 56.3 Å². The van der Waals surface area contributed by atoms with Crippen LogP contribution in [0, 0.1) is 0 Å². The predicted molar refractivity (Wildman–Crippen MR) is 74.2 cm³/mol. The summed E-state index contributed by atoms with van der Waals surface area (Å²) < 4.78 is 0. The monoisotopic (exact) mass is 223 g/mol. The average Bonchev–Trinajstić information content (AvgIpc) is 2.38. The minimum Gasteiger partial charge on any atom is -0.256 e. The van der Waals surface area contributed by atoms with Gasteiger partial charge in [-0.05, 0) is 29.2 Å². The molecule has 2 rings (SSSR count). The zero-order valence-electron chi connectivity index (χ0n) is 10.3. The third-order valence-electron chi connectivity index (χ3n) is 2.72. The van der Waals surface area contributed by atoms with Gasteiger partial charge in [-0.2, -0.15) is 0 Å². The van der Waals surface area contributed by atoms with Crippen molar-refractivity contribution in [3.8, 4) is 0 Å². The Kier molecular flexibility index (Phi) is 3.71. The van der Waals surface area contributed by atoms with E-state index in [1.165, 1.54) is 5.56 Å². The van der Waals surface area contributed by atoms with Crippen LogP contribution in [-0.4, -0.2) is 6.21 Å². The molecular formula is C16H17N. The Labute approximate surface area is 103 Å². The number of hydrogen-bond acceptors (Lipinski definition) is 1. The van der Waals surface area contributed by atoms with E-state index in [9.17, 15) is 0 Å². The molecule has 17 heavy (non-hydrogen) atoms. The minimum absolute atomic E-state index is 0.571. The summed E-state index contributed by atoms with van der Waals surface area (Å²) in [4.78, 5) is 4.45. The quantitative estimate of drug-likeness (QED) is 0.676. The van der Waals surface area contributed by atoms with Crippen LogP contribution in [0.3, 0.4) is 0 Å². The maximum absolute atomic E-state index is 4.45. The number of nitrogens with zero attached hydrogens (tertiary/aromatic N) is 1. The standard InChI is InChI=1S/C16H17N/c1-13(2)15-8-10-16(11-9-15)17-12-14-6-4-3-5-7-14/h3-13H,1-2H3. The number of hydrogen-bond donors (Lipinski definition) is 0. The van der Waals surface area contributed by atoms with Crippen LogP contribution in [0.2, 0.25) is 0 Å². The van der Waals surface area contributed by atoms with Gasteiger partial charge < -0.3 is 0 Å². The first kappa shape index (κ1) is 11.6. The highest BCUT2D eigenvalue weighted by molar-refractivity contribution is 5.81. The number of aliphatic imine (C=N–C) groups is 1. The van der Waals surface area contributed by atoms with Crippen molar-refractivity contribution in [2.45, 2.75) is 19.8 Å². The van der Waals surface area contributed by atoms with E-state index in [0.717, 1.165) is 11.3 Å². The second-order valence-corrected chi connectivity index (χ2v) is 4.42. The third-order valence-corrected chi connectivity index (χ3v) is 2.72. The molecule has 0 radical (unpaired) electrons. The van der Waals surface area contributed by atoms with E-state index in [2.05, 4.69) is 43.1 Å². The Balaban J connectivity index is 2.12.